The van der Waals surface area contributed by atoms with Crippen LogP contribution in [0.5, 0.6) is 0 Å². The van der Waals surface area contributed by atoms with E-state index < -0.39 is 0 Å². The second kappa shape index (κ2) is 4.22. The number of carbonyl (C=O) groups is 1. The monoisotopic (exact) mass is 279 g/mol. The number of nitrogens with zero attached hydrogens (tertiary/aromatic N) is 1. The molecular formula is C17H29NO2. The Balaban J connectivity index is 1.91. The molecule has 0 spiro atoms. The lowest BCUT2D eigenvalue weighted by molar-refractivity contribution is -0.180. The van der Waals surface area contributed by atoms with E-state index in [1.165, 1.54) is 19.3 Å². The lowest BCUT2D eigenvalue weighted by Gasteiger charge is -2.65. The summed E-state index contributed by atoms with van der Waals surface area (Å²) in [5.74, 6) is 1.03. The van der Waals surface area contributed by atoms with Gasteiger partial charge in [0.2, 0.25) is 5.91 Å². The highest BCUT2D eigenvalue weighted by molar-refractivity contribution is 5.83. The second-order valence-electron chi connectivity index (χ2n) is 8.86. The molecule has 4 fully saturated rings. The van der Waals surface area contributed by atoms with Crippen molar-refractivity contribution in [2.75, 3.05) is 13.7 Å². The maximum absolute atomic E-state index is 13.1. The third-order valence-corrected chi connectivity index (χ3v) is 6.33. The summed E-state index contributed by atoms with van der Waals surface area (Å²) < 4.78 is 0. The van der Waals surface area contributed by atoms with Gasteiger partial charge in [-0.3, -0.25) is 4.79 Å². The van der Waals surface area contributed by atoms with Gasteiger partial charge in [0.15, 0.2) is 0 Å². The van der Waals surface area contributed by atoms with Gasteiger partial charge in [0.05, 0.1) is 18.1 Å². The van der Waals surface area contributed by atoms with Gasteiger partial charge in [-0.1, -0.05) is 13.8 Å². The van der Waals surface area contributed by atoms with Gasteiger partial charge in [-0.2, -0.15) is 0 Å². The van der Waals surface area contributed by atoms with Gasteiger partial charge in [-0.25, -0.2) is 0 Å². The third kappa shape index (κ3) is 2.01. The number of aliphatic hydroxyl groups is 1. The largest absolute Gasteiger partial charge is 0.394 e. The summed E-state index contributed by atoms with van der Waals surface area (Å²) in [5.41, 5.74) is 0.599. The fraction of sp³-hybridized carbons (Fsp3) is 0.941. The molecule has 3 unspecified atom stereocenters. The van der Waals surface area contributed by atoms with Crippen molar-refractivity contribution < 1.29 is 9.90 Å². The summed E-state index contributed by atoms with van der Waals surface area (Å²) in [6.45, 7) is 6.78. The molecule has 4 aliphatic rings. The molecule has 0 radical (unpaired) electrons. The van der Waals surface area contributed by atoms with Crippen LogP contribution in [-0.2, 0) is 4.79 Å². The van der Waals surface area contributed by atoms with Crippen molar-refractivity contribution >= 4 is 5.91 Å². The highest BCUT2D eigenvalue weighted by Crippen LogP contribution is 2.69. The van der Waals surface area contributed by atoms with Crippen molar-refractivity contribution in [3.05, 3.63) is 0 Å². The van der Waals surface area contributed by atoms with E-state index in [2.05, 4.69) is 13.8 Å². The summed E-state index contributed by atoms with van der Waals surface area (Å²) >= 11 is 0. The van der Waals surface area contributed by atoms with E-state index >= 15 is 0 Å². The number of hydrogen-bond donors (Lipinski definition) is 1. The molecule has 1 amide bonds. The topological polar surface area (TPSA) is 40.5 Å². The smallest absolute Gasteiger partial charge is 0.228 e. The van der Waals surface area contributed by atoms with Crippen LogP contribution in [0.4, 0.5) is 0 Å². The Morgan fingerprint density at radius 3 is 2.20 bits per heavy atom. The van der Waals surface area contributed by atoms with Crippen molar-refractivity contribution in [2.24, 2.45) is 22.2 Å². The fourth-order valence-corrected chi connectivity index (χ4v) is 6.38. The summed E-state index contributed by atoms with van der Waals surface area (Å²) in [7, 11) is 1.87. The standard InChI is InChI=1S/C17H29NO2/c1-12(8-19)18(4)14(20)17-7-13-5-15(2,10-17)9-16(3,6-13)11-17/h12-13,19H,5-11H2,1-4H3. The molecular weight excluding hydrogens is 250 g/mol. The van der Waals surface area contributed by atoms with Gasteiger partial charge >= 0.3 is 0 Å². The SMILES string of the molecule is CC(CO)N(C)C(=O)C12CC3CC(C)(CC(C)(C3)C1)C2. The highest BCUT2D eigenvalue weighted by Gasteiger charge is 2.63. The van der Waals surface area contributed by atoms with Crippen LogP contribution in [0.3, 0.4) is 0 Å². The van der Waals surface area contributed by atoms with Crippen LogP contribution in [-0.4, -0.2) is 35.6 Å². The van der Waals surface area contributed by atoms with Crippen LogP contribution in [0.1, 0.15) is 59.3 Å². The van der Waals surface area contributed by atoms with Crippen LogP contribution in [0.2, 0.25) is 0 Å². The lowest BCUT2D eigenvalue weighted by Crippen LogP contribution is -2.60. The van der Waals surface area contributed by atoms with Crippen LogP contribution in [0, 0.1) is 22.2 Å². The predicted molar refractivity (Wildman–Crippen MR) is 79.2 cm³/mol. The first-order valence-electron chi connectivity index (χ1n) is 8.09. The first kappa shape index (κ1) is 14.4. The van der Waals surface area contributed by atoms with Crippen LogP contribution >= 0.6 is 0 Å². The zero-order valence-electron chi connectivity index (χ0n) is 13.4. The normalized spacial score (nSPS) is 47.4. The molecule has 0 saturated heterocycles. The molecule has 0 heterocycles. The molecule has 4 aliphatic carbocycles. The lowest BCUT2D eigenvalue weighted by atomic mass is 9.40. The molecule has 20 heavy (non-hydrogen) atoms. The molecule has 3 nitrogen and oxygen atoms in total. The average molecular weight is 279 g/mol. The van der Waals surface area contributed by atoms with E-state index in [9.17, 15) is 9.90 Å². The molecule has 4 bridgehead atoms. The first-order valence-corrected chi connectivity index (χ1v) is 8.09. The van der Waals surface area contributed by atoms with Gasteiger partial charge < -0.3 is 10.0 Å². The van der Waals surface area contributed by atoms with Crippen LogP contribution < -0.4 is 0 Å². The first-order chi connectivity index (χ1) is 9.21. The van der Waals surface area contributed by atoms with E-state index in [-0.39, 0.29) is 18.1 Å². The van der Waals surface area contributed by atoms with E-state index in [1.54, 1.807) is 4.90 Å². The number of rotatable bonds is 3. The quantitative estimate of drug-likeness (QED) is 0.863. The van der Waals surface area contributed by atoms with E-state index in [4.69, 9.17) is 0 Å². The molecule has 114 valence electrons. The minimum absolute atomic E-state index is 0.0519. The molecule has 0 aliphatic heterocycles. The minimum Gasteiger partial charge on any atom is -0.394 e. The van der Waals surface area contributed by atoms with Gasteiger partial charge in [-0.15, -0.1) is 0 Å². The Kier molecular flexibility index (Phi) is 3.03. The Labute approximate surface area is 122 Å². The second-order valence-corrected chi connectivity index (χ2v) is 8.86. The molecule has 1 N–H and O–H groups in total. The molecule has 4 rings (SSSR count). The highest BCUT2D eigenvalue weighted by atomic mass is 16.3. The van der Waals surface area contributed by atoms with E-state index in [0.717, 1.165) is 25.2 Å². The van der Waals surface area contributed by atoms with Crippen molar-refractivity contribution in [3.8, 4) is 0 Å². The zero-order chi connectivity index (χ0) is 14.8. The number of aliphatic hydroxyl groups excluding tert-OH is 1. The number of carbonyl (C=O) groups excluding carboxylic acids is 1. The predicted octanol–water partition coefficient (Wildman–Crippen LogP) is 2.82. The molecule has 3 heteroatoms. The summed E-state index contributed by atoms with van der Waals surface area (Å²) in [4.78, 5) is 14.9. The Hall–Kier alpha value is -0.570. The summed E-state index contributed by atoms with van der Waals surface area (Å²) in [6.07, 6.45) is 7.14. The maximum Gasteiger partial charge on any atom is 0.228 e. The van der Waals surface area contributed by atoms with Gasteiger partial charge in [-0.05, 0) is 62.2 Å². The Morgan fingerprint density at radius 2 is 1.75 bits per heavy atom. The fourth-order valence-electron chi connectivity index (χ4n) is 6.38. The average Bonchev–Trinajstić information content (AvgIpc) is 2.31. The van der Waals surface area contributed by atoms with Crippen LogP contribution in [0.15, 0.2) is 0 Å². The van der Waals surface area contributed by atoms with Crippen molar-refractivity contribution in [1.29, 1.82) is 0 Å². The third-order valence-electron chi connectivity index (χ3n) is 6.33. The summed E-state index contributed by atoms with van der Waals surface area (Å²) in [6, 6.07) is -0.0730. The van der Waals surface area contributed by atoms with Gasteiger partial charge in [0.25, 0.3) is 0 Å². The van der Waals surface area contributed by atoms with Crippen molar-refractivity contribution in [2.45, 2.75) is 65.3 Å². The van der Waals surface area contributed by atoms with E-state index in [1.807, 2.05) is 14.0 Å². The summed E-state index contributed by atoms with van der Waals surface area (Å²) in [5, 5.41) is 9.34. The van der Waals surface area contributed by atoms with Crippen molar-refractivity contribution in [3.63, 3.8) is 0 Å². The molecule has 0 aromatic heterocycles. The van der Waals surface area contributed by atoms with Crippen molar-refractivity contribution in [1.82, 2.24) is 4.90 Å². The number of likely N-dealkylation sites (N-methyl/N-ethyl adjacent to an activating group) is 1. The van der Waals surface area contributed by atoms with Crippen LogP contribution in [0.25, 0.3) is 0 Å². The Bertz CT molecular complexity index is 415. The maximum atomic E-state index is 13.1. The minimum atomic E-state index is -0.138. The van der Waals surface area contributed by atoms with Gasteiger partial charge in [0.1, 0.15) is 0 Å². The van der Waals surface area contributed by atoms with Gasteiger partial charge in [0, 0.05) is 7.05 Å². The number of hydrogen-bond acceptors (Lipinski definition) is 2. The molecule has 3 atom stereocenters. The molecule has 0 aromatic rings. The molecule has 4 saturated carbocycles. The Morgan fingerprint density at radius 1 is 1.20 bits per heavy atom. The zero-order valence-corrected chi connectivity index (χ0v) is 13.4. The van der Waals surface area contributed by atoms with E-state index in [0.29, 0.717) is 16.7 Å². The molecule has 0 aromatic carbocycles. The number of amides is 1.